The highest BCUT2D eigenvalue weighted by atomic mass is 127. The van der Waals surface area contributed by atoms with E-state index in [0.29, 0.717) is 24.3 Å². The number of hydrogen-bond acceptors (Lipinski definition) is 5. The van der Waals surface area contributed by atoms with Crippen LogP contribution in [-0.4, -0.2) is 84.8 Å². The molecule has 2 heterocycles. The molecule has 4 atom stereocenters. The Kier molecular flexibility index (Phi) is 11.7. The summed E-state index contributed by atoms with van der Waals surface area (Å²) in [6.45, 7) is 5.17. The van der Waals surface area contributed by atoms with Crippen LogP contribution < -0.4 is 5.32 Å². The Balaban J connectivity index is 1.42. The number of amides is 2. The van der Waals surface area contributed by atoms with Crippen molar-refractivity contribution < 1.29 is 19.4 Å². The Labute approximate surface area is 279 Å². The van der Waals surface area contributed by atoms with Gasteiger partial charge in [-0.3, -0.25) is 14.5 Å². The highest BCUT2D eigenvalue weighted by molar-refractivity contribution is 14.1. The third kappa shape index (κ3) is 6.94. The van der Waals surface area contributed by atoms with Crippen molar-refractivity contribution in [2.45, 2.75) is 128 Å². The lowest BCUT2D eigenvalue weighted by atomic mass is 9.51. The molecule has 2 N–H and O–H groups in total. The molecular formula is C36H58IN3O4. The third-order valence-corrected chi connectivity index (χ3v) is 13.9. The molecule has 2 saturated heterocycles. The minimum absolute atomic E-state index is 0.0254. The van der Waals surface area contributed by atoms with Crippen molar-refractivity contribution in [3.8, 4) is 0 Å². The van der Waals surface area contributed by atoms with E-state index >= 15 is 4.79 Å². The van der Waals surface area contributed by atoms with Crippen LogP contribution in [0.2, 0.25) is 0 Å². The van der Waals surface area contributed by atoms with Crippen LogP contribution in [0.5, 0.6) is 0 Å². The van der Waals surface area contributed by atoms with Crippen LogP contribution in [-0.2, 0) is 14.3 Å². The largest absolute Gasteiger partial charge is 0.396 e. The maximum atomic E-state index is 15.3. The fourth-order valence-corrected chi connectivity index (χ4v) is 11.2. The van der Waals surface area contributed by atoms with Crippen molar-refractivity contribution in [2.75, 3.05) is 46.0 Å². The summed E-state index contributed by atoms with van der Waals surface area (Å²) in [5, 5.41) is 13.6. The van der Waals surface area contributed by atoms with Gasteiger partial charge < -0.3 is 20.1 Å². The van der Waals surface area contributed by atoms with Crippen LogP contribution in [0.4, 0.5) is 0 Å². The average molecular weight is 724 g/mol. The maximum Gasteiger partial charge on any atom is 0.228 e. The van der Waals surface area contributed by atoms with Crippen molar-refractivity contribution in [3.05, 3.63) is 9.15 Å². The molecule has 8 heteroatoms. The fraction of sp³-hybridized carbons (Fsp3) is 0.889. The lowest BCUT2D eigenvalue weighted by Crippen LogP contribution is -2.72. The molecule has 44 heavy (non-hydrogen) atoms. The zero-order chi connectivity index (χ0) is 30.5. The van der Waals surface area contributed by atoms with Crippen LogP contribution in [0.25, 0.3) is 0 Å². The molecule has 7 nitrogen and oxygen atoms in total. The topological polar surface area (TPSA) is 82.1 Å². The number of likely N-dealkylation sites (tertiary alicyclic amines) is 1. The van der Waals surface area contributed by atoms with E-state index in [0.717, 1.165) is 116 Å². The van der Waals surface area contributed by atoms with Crippen LogP contribution in [0, 0.1) is 29.1 Å². The number of nitrogens with one attached hydrogen (secondary N) is 1. The van der Waals surface area contributed by atoms with E-state index in [9.17, 15) is 9.90 Å². The highest BCUT2D eigenvalue weighted by Crippen LogP contribution is 2.59. The first-order chi connectivity index (χ1) is 21.5. The van der Waals surface area contributed by atoms with E-state index in [4.69, 9.17) is 4.74 Å². The van der Waals surface area contributed by atoms with E-state index in [1.807, 2.05) is 0 Å². The predicted molar refractivity (Wildman–Crippen MR) is 182 cm³/mol. The summed E-state index contributed by atoms with van der Waals surface area (Å²) in [7, 11) is 0. The van der Waals surface area contributed by atoms with Crippen molar-refractivity contribution >= 4 is 34.4 Å². The number of allylic oxidation sites excluding steroid dienone is 2. The first-order valence-corrected chi connectivity index (χ1v) is 19.5. The first-order valence-electron chi connectivity index (χ1n) is 18.4. The zero-order valence-electron chi connectivity index (χ0n) is 27.1. The number of rotatable bonds is 9. The van der Waals surface area contributed by atoms with E-state index in [1.54, 1.807) is 0 Å². The lowest BCUT2D eigenvalue weighted by Gasteiger charge is -2.62. The molecule has 0 aromatic heterocycles. The lowest BCUT2D eigenvalue weighted by molar-refractivity contribution is -0.182. The molecule has 3 saturated carbocycles. The second kappa shape index (κ2) is 15.5. The molecule has 248 valence electrons. The van der Waals surface area contributed by atoms with E-state index < -0.39 is 5.41 Å². The van der Waals surface area contributed by atoms with Crippen molar-refractivity contribution in [2.24, 2.45) is 29.1 Å². The molecule has 2 aliphatic heterocycles. The number of aliphatic hydroxyl groups excluding tert-OH is 1. The van der Waals surface area contributed by atoms with Crippen molar-refractivity contribution in [1.29, 1.82) is 0 Å². The molecule has 2 amide bonds. The molecule has 0 bridgehead atoms. The van der Waals surface area contributed by atoms with Gasteiger partial charge in [0.05, 0.1) is 18.6 Å². The van der Waals surface area contributed by atoms with Crippen molar-refractivity contribution in [3.63, 3.8) is 0 Å². The summed E-state index contributed by atoms with van der Waals surface area (Å²) in [5.74, 6) is 1.40. The molecule has 0 spiro atoms. The summed E-state index contributed by atoms with van der Waals surface area (Å²) in [6.07, 6.45) is 19.5. The van der Waals surface area contributed by atoms with Gasteiger partial charge in [0.2, 0.25) is 11.8 Å². The normalized spacial score (nSPS) is 36.3. The van der Waals surface area contributed by atoms with E-state index in [1.165, 1.54) is 41.3 Å². The average Bonchev–Trinajstić information content (AvgIpc) is 3.07. The summed E-state index contributed by atoms with van der Waals surface area (Å²) in [4.78, 5) is 35.0. The standard InChI is InChI=1S/C36H58IN3O4/c37-32-13-7-4-8-28(32)24-36(35(43)38-18-19-39-20-22-44-23-21-39)31-12-6-5-11-30(31)34(42)40(29-9-2-1-3-10-29)33(36)27-16-14-26(25-41)15-17-27/h26-27,29-31,33,41H,1-25H2,(H,38,43)/t26?,27?,30?,31?,33-,36-/m0/s1. The Hall–Kier alpha value is -0.710. The zero-order valence-corrected chi connectivity index (χ0v) is 29.2. The number of piperidine rings is 1. The number of aliphatic hydroxyl groups is 1. The van der Waals surface area contributed by atoms with E-state index in [2.05, 4.69) is 37.7 Å². The highest BCUT2D eigenvalue weighted by Gasteiger charge is 2.64. The third-order valence-electron chi connectivity index (χ3n) is 12.6. The van der Waals surface area contributed by atoms with Crippen molar-refractivity contribution in [1.82, 2.24) is 15.1 Å². The smallest absolute Gasteiger partial charge is 0.228 e. The van der Waals surface area contributed by atoms with Gasteiger partial charge in [0, 0.05) is 50.8 Å². The maximum absolute atomic E-state index is 15.3. The number of carbonyl (C=O) groups is 2. The number of halogens is 1. The number of nitrogens with zero attached hydrogens (tertiary/aromatic N) is 2. The number of carbonyl (C=O) groups excluding carboxylic acids is 2. The summed E-state index contributed by atoms with van der Waals surface area (Å²) < 4.78 is 7.06. The van der Waals surface area contributed by atoms with Gasteiger partial charge in [0.15, 0.2) is 0 Å². The number of ether oxygens (including phenoxy) is 1. The Morgan fingerprint density at radius 1 is 0.909 bits per heavy atom. The molecule has 4 aliphatic carbocycles. The molecule has 6 aliphatic rings. The van der Waals surface area contributed by atoms with Crippen LogP contribution in [0.3, 0.4) is 0 Å². The monoisotopic (exact) mass is 723 g/mol. The van der Waals surface area contributed by atoms with Crippen LogP contribution in [0.1, 0.15) is 116 Å². The Bertz CT molecular complexity index is 1020. The Morgan fingerprint density at radius 2 is 1.61 bits per heavy atom. The first kappa shape index (κ1) is 33.2. The van der Waals surface area contributed by atoms with Gasteiger partial charge in [-0.05, 0) is 127 Å². The minimum Gasteiger partial charge on any atom is -0.396 e. The second-order valence-corrected chi connectivity index (χ2v) is 16.4. The van der Waals surface area contributed by atoms with E-state index in [-0.39, 0.29) is 36.4 Å². The van der Waals surface area contributed by atoms with Gasteiger partial charge in [0.25, 0.3) is 0 Å². The summed E-state index contributed by atoms with van der Waals surface area (Å²) >= 11 is 2.59. The van der Waals surface area contributed by atoms with Gasteiger partial charge >= 0.3 is 0 Å². The SMILES string of the molecule is O=C1C2CCCCC2[C@](CC2=C(I)CCCC2)(C(=O)NCCN2CCOCC2)[C@H](C2CCC(CO)CC2)N1C1CCCCC1. The van der Waals surface area contributed by atoms with Gasteiger partial charge in [-0.25, -0.2) is 0 Å². The Morgan fingerprint density at radius 3 is 2.34 bits per heavy atom. The number of hydrogen-bond donors (Lipinski definition) is 2. The summed E-state index contributed by atoms with van der Waals surface area (Å²) in [6, 6.07) is 0.221. The molecule has 6 rings (SSSR count). The number of morpholine rings is 1. The molecule has 0 aromatic rings. The quantitative estimate of drug-likeness (QED) is 0.276. The fourth-order valence-electron chi connectivity index (χ4n) is 10.3. The minimum atomic E-state index is -0.582. The van der Waals surface area contributed by atoms with Crippen LogP contribution in [0.15, 0.2) is 9.15 Å². The molecule has 2 unspecified atom stereocenters. The molecule has 0 aromatic carbocycles. The van der Waals surface area contributed by atoms with Gasteiger partial charge in [0.1, 0.15) is 0 Å². The summed E-state index contributed by atoms with van der Waals surface area (Å²) in [5.41, 5.74) is 0.929. The number of fused-ring (bicyclic) bond motifs is 1. The molecular weight excluding hydrogens is 665 g/mol. The van der Waals surface area contributed by atoms with Crippen LogP contribution >= 0.6 is 22.6 Å². The predicted octanol–water partition coefficient (Wildman–Crippen LogP) is 6.22. The van der Waals surface area contributed by atoms with Gasteiger partial charge in [-0.1, -0.05) is 37.7 Å². The van der Waals surface area contributed by atoms with Gasteiger partial charge in [-0.2, -0.15) is 0 Å². The molecule has 0 radical (unpaired) electrons. The molecule has 5 fully saturated rings. The van der Waals surface area contributed by atoms with Gasteiger partial charge in [-0.15, -0.1) is 0 Å². The second-order valence-electron chi connectivity index (χ2n) is 15.1.